The van der Waals surface area contributed by atoms with Crippen LogP contribution >= 0.6 is 27.5 Å². The third-order valence-corrected chi connectivity index (χ3v) is 9.21. The van der Waals surface area contributed by atoms with Crippen LogP contribution < -0.4 is 15.1 Å². The minimum Gasteiger partial charge on any atom is -0.458 e. The second-order valence-electron chi connectivity index (χ2n) is 12.3. The molecule has 0 amide bonds. The van der Waals surface area contributed by atoms with E-state index in [4.69, 9.17) is 26.1 Å². The number of anilines is 2. The van der Waals surface area contributed by atoms with Crippen LogP contribution in [0, 0.1) is 23.1 Å². The number of carbonyl (C=O) groups excluding carboxylic acids is 1. The molecule has 1 atom stereocenters. The molecule has 1 N–H and O–H groups in total. The van der Waals surface area contributed by atoms with E-state index in [9.17, 15) is 10.1 Å². The zero-order valence-corrected chi connectivity index (χ0v) is 26.7. The van der Waals surface area contributed by atoms with Crippen molar-refractivity contribution < 1.29 is 18.7 Å². The van der Waals surface area contributed by atoms with Gasteiger partial charge in [-0.1, -0.05) is 11.6 Å². The molecule has 2 aliphatic heterocycles. The predicted molar refractivity (Wildman–Crippen MR) is 163 cm³/mol. The molecule has 10 nitrogen and oxygen atoms in total. The lowest BCUT2D eigenvalue weighted by atomic mass is 9.82. The van der Waals surface area contributed by atoms with Gasteiger partial charge >= 0.3 is 5.97 Å². The minimum absolute atomic E-state index is 0.00261. The van der Waals surface area contributed by atoms with Gasteiger partial charge in [-0.05, 0) is 61.5 Å². The van der Waals surface area contributed by atoms with Crippen molar-refractivity contribution in [2.45, 2.75) is 57.8 Å². The Morgan fingerprint density at radius 1 is 1.21 bits per heavy atom. The Morgan fingerprint density at radius 3 is 2.64 bits per heavy atom. The molecule has 13 heteroatoms. The average molecular weight is 667 g/mol. The first-order chi connectivity index (χ1) is 20.0. The largest absolute Gasteiger partial charge is 0.458 e. The molecule has 0 spiro atoms. The van der Waals surface area contributed by atoms with Gasteiger partial charge in [0.05, 0.1) is 28.1 Å². The van der Waals surface area contributed by atoms with E-state index in [1.807, 2.05) is 20.8 Å². The molecule has 228 valence electrons. The van der Waals surface area contributed by atoms with E-state index < -0.39 is 11.4 Å². The summed E-state index contributed by atoms with van der Waals surface area (Å²) < 4.78 is 26.7. The Morgan fingerprint density at radius 2 is 1.95 bits per heavy atom. The highest BCUT2D eigenvalue weighted by molar-refractivity contribution is 9.10. The summed E-state index contributed by atoms with van der Waals surface area (Å²) in [6.45, 7) is 11.6. The Hall–Kier alpha value is -2.30. The fourth-order valence-electron chi connectivity index (χ4n) is 5.80. The highest BCUT2D eigenvalue weighted by Crippen LogP contribution is 2.37. The van der Waals surface area contributed by atoms with Crippen LogP contribution in [-0.4, -0.2) is 97.5 Å². The number of nitrogens with one attached hydrogen (secondary N) is 1. The number of hydrogen-bond acceptors (Lipinski definition) is 10. The van der Waals surface area contributed by atoms with E-state index in [0.717, 1.165) is 45.6 Å². The molecule has 5 rings (SSSR count). The number of piperazine rings is 2. The summed E-state index contributed by atoms with van der Waals surface area (Å²) in [5.74, 6) is 0.851. The number of esters is 1. The molecule has 0 radical (unpaired) electrons. The summed E-state index contributed by atoms with van der Waals surface area (Å²) in [5.41, 5.74) is -0.273. The Balaban J connectivity index is 1.21. The summed E-state index contributed by atoms with van der Waals surface area (Å²) in [5, 5.41) is 13.4. The molecule has 3 heterocycles. The van der Waals surface area contributed by atoms with Gasteiger partial charge in [0.15, 0.2) is 5.82 Å². The molecule has 3 fully saturated rings. The first-order valence-corrected chi connectivity index (χ1v) is 15.7. The Kier molecular flexibility index (Phi) is 9.74. The van der Waals surface area contributed by atoms with Crippen LogP contribution in [0.2, 0.25) is 5.02 Å². The first kappa shape index (κ1) is 31.1. The number of benzene rings is 1. The average Bonchev–Trinajstić information content (AvgIpc) is 2.92. The van der Waals surface area contributed by atoms with Crippen molar-refractivity contribution in [1.82, 2.24) is 20.2 Å². The van der Waals surface area contributed by atoms with Crippen molar-refractivity contribution in [3.63, 3.8) is 0 Å². The van der Waals surface area contributed by atoms with Crippen LogP contribution in [0.25, 0.3) is 10.9 Å². The number of halogens is 3. The van der Waals surface area contributed by atoms with E-state index in [1.165, 1.54) is 0 Å². The highest BCUT2D eigenvalue weighted by Gasteiger charge is 2.33. The molecular formula is C29H38BrClFN7O3. The van der Waals surface area contributed by atoms with Crippen molar-refractivity contribution in [1.29, 1.82) is 5.26 Å². The van der Waals surface area contributed by atoms with Gasteiger partial charge in [0.2, 0.25) is 5.95 Å². The molecule has 1 saturated carbocycles. The number of hydrogen-bond donors (Lipinski definition) is 1. The number of rotatable bonds is 8. The standard InChI is InChI=1S/C29H38BrClFN7O3/c1-29(2,3)42-23(40)17-41-20-12-18(13-20)15-37-8-10-38(11-9-37)28-35-26-21(14-22(31)24(30)25(26)32)27(36-28)39-7-6-34-19(16-39)4-5-33/h14,18-20,34H,4,6-13,15-17H2,1-3H3/t18?,19-,20?/m0/s1. The first-order valence-electron chi connectivity index (χ1n) is 14.5. The van der Waals surface area contributed by atoms with Crippen LogP contribution in [0.5, 0.6) is 0 Å². The second kappa shape index (κ2) is 13.1. The van der Waals surface area contributed by atoms with Gasteiger partial charge in [-0.15, -0.1) is 0 Å². The summed E-state index contributed by atoms with van der Waals surface area (Å²) in [7, 11) is 0. The lowest BCUT2D eigenvalue weighted by molar-refractivity contribution is -0.165. The second-order valence-corrected chi connectivity index (χ2v) is 13.5. The number of nitriles is 1. The van der Waals surface area contributed by atoms with Crippen LogP contribution in [-0.2, 0) is 14.3 Å². The van der Waals surface area contributed by atoms with Crippen molar-refractivity contribution in [2.75, 3.05) is 68.8 Å². The van der Waals surface area contributed by atoms with Crippen LogP contribution in [0.1, 0.15) is 40.0 Å². The minimum atomic E-state index is -0.505. The Bertz CT molecular complexity index is 1340. The molecule has 42 heavy (non-hydrogen) atoms. The maximum atomic E-state index is 15.4. The summed E-state index contributed by atoms with van der Waals surface area (Å²) in [6.07, 6.45) is 2.36. The van der Waals surface area contributed by atoms with Crippen molar-refractivity contribution in [3.8, 4) is 6.07 Å². The van der Waals surface area contributed by atoms with Gasteiger partial charge in [-0.3, -0.25) is 4.90 Å². The van der Waals surface area contributed by atoms with Gasteiger partial charge in [-0.2, -0.15) is 10.2 Å². The molecule has 0 unspecified atom stereocenters. The number of aromatic nitrogens is 2. The third kappa shape index (κ3) is 7.42. The summed E-state index contributed by atoms with van der Waals surface area (Å²) in [6, 6.07) is 3.95. The van der Waals surface area contributed by atoms with E-state index in [-0.39, 0.29) is 39.7 Å². The fourth-order valence-corrected chi connectivity index (χ4v) is 6.30. The molecule has 1 aromatic carbocycles. The monoisotopic (exact) mass is 665 g/mol. The predicted octanol–water partition coefficient (Wildman–Crippen LogP) is 4.14. The maximum Gasteiger partial charge on any atom is 0.332 e. The molecule has 2 aromatic rings. The smallest absolute Gasteiger partial charge is 0.332 e. The lowest BCUT2D eigenvalue weighted by Gasteiger charge is -2.41. The van der Waals surface area contributed by atoms with Crippen LogP contribution in [0.15, 0.2) is 10.5 Å². The molecule has 3 aliphatic rings. The molecular weight excluding hydrogens is 629 g/mol. The zero-order valence-electron chi connectivity index (χ0n) is 24.3. The number of nitrogens with zero attached hydrogens (tertiary/aromatic N) is 6. The van der Waals surface area contributed by atoms with Crippen LogP contribution in [0.4, 0.5) is 16.2 Å². The third-order valence-electron chi connectivity index (χ3n) is 7.91. The van der Waals surface area contributed by atoms with Crippen molar-refractivity contribution >= 4 is 56.2 Å². The van der Waals surface area contributed by atoms with Gasteiger partial charge in [0.25, 0.3) is 0 Å². The quantitative estimate of drug-likeness (QED) is 0.327. The molecule has 1 aromatic heterocycles. The topological polar surface area (TPSA) is 107 Å². The molecule has 1 aliphatic carbocycles. The number of fused-ring (bicyclic) bond motifs is 1. The highest BCUT2D eigenvalue weighted by atomic mass is 79.9. The molecule has 0 bridgehead atoms. The van der Waals surface area contributed by atoms with Gasteiger partial charge in [0, 0.05) is 63.8 Å². The number of carbonyl (C=O) groups is 1. The van der Waals surface area contributed by atoms with Crippen molar-refractivity contribution in [2.24, 2.45) is 5.92 Å². The zero-order chi connectivity index (χ0) is 30.0. The van der Waals surface area contributed by atoms with E-state index in [2.05, 4.69) is 47.0 Å². The fraction of sp³-hybridized carbons (Fsp3) is 0.655. The summed E-state index contributed by atoms with van der Waals surface area (Å²) in [4.78, 5) is 28.2. The lowest BCUT2D eigenvalue weighted by Crippen LogP contribution is -2.51. The van der Waals surface area contributed by atoms with Crippen molar-refractivity contribution in [3.05, 3.63) is 21.4 Å². The maximum absolute atomic E-state index is 15.4. The molecule has 2 saturated heterocycles. The van der Waals surface area contributed by atoms with Gasteiger partial charge in [0.1, 0.15) is 23.5 Å². The normalized spacial score (nSPS) is 23.5. The van der Waals surface area contributed by atoms with Gasteiger partial charge < -0.3 is 24.6 Å². The summed E-state index contributed by atoms with van der Waals surface area (Å²) >= 11 is 9.62. The Labute approximate surface area is 259 Å². The van der Waals surface area contributed by atoms with E-state index in [0.29, 0.717) is 49.1 Å². The van der Waals surface area contributed by atoms with E-state index >= 15 is 4.39 Å². The van der Waals surface area contributed by atoms with Crippen LogP contribution in [0.3, 0.4) is 0 Å². The number of ether oxygens (including phenoxy) is 2. The van der Waals surface area contributed by atoms with Gasteiger partial charge in [-0.25, -0.2) is 14.2 Å². The SMILES string of the molecule is CC(C)(C)OC(=O)COC1CC(CN2CCN(c3nc(N4CCN[C@@H](CC#N)C4)c4cc(Cl)c(Br)c(F)c4n3)CC2)C1. The van der Waals surface area contributed by atoms with E-state index in [1.54, 1.807) is 6.07 Å².